The number of nitrogens with zero attached hydrogens (tertiary/aromatic N) is 1. The van der Waals surface area contributed by atoms with Crippen molar-refractivity contribution >= 4 is 18.0 Å². The molecule has 3 aliphatic rings. The lowest BCUT2D eigenvalue weighted by atomic mass is 9.77. The van der Waals surface area contributed by atoms with E-state index >= 15 is 0 Å². The van der Waals surface area contributed by atoms with Gasteiger partial charge in [0.1, 0.15) is 19.0 Å². The Kier molecular flexibility index (Phi) is 6.63. The Labute approximate surface area is 188 Å². The van der Waals surface area contributed by atoms with Crippen LogP contribution in [0.15, 0.2) is 54.6 Å². The van der Waals surface area contributed by atoms with Gasteiger partial charge in [-0.05, 0) is 36.7 Å². The number of alkyl carbamates (subject to hydrolysis) is 1. The van der Waals surface area contributed by atoms with Gasteiger partial charge in [0.05, 0.1) is 5.54 Å². The standard InChI is InChI=1S/C25H30N2O5/c28-21-9-12-24(17-21)13-15-27(16-14-24)23(30)32-19-25(10-5-2-6-11-25)26-22(29)31-18-20-7-3-1-4-8-20/h1-8,10H,9,11-19H2,(H,26,29)/t25-/m0/s1. The van der Waals surface area contributed by atoms with Crippen LogP contribution < -0.4 is 5.32 Å². The number of benzene rings is 1. The molecule has 0 aromatic heterocycles. The monoisotopic (exact) mass is 438 g/mol. The van der Waals surface area contributed by atoms with Crippen molar-refractivity contribution in [2.75, 3.05) is 19.7 Å². The number of likely N-dealkylation sites (tertiary alicyclic amines) is 1. The van der Waals surface area contributed by atoms with Gasteiger partial charge < -0.3 is 19.7 Å². The Morgan fingerprint density at radius 1 is 1.03 bits per heavy atom. The normalized spacial score (nSPS) is 23.9. The number of ketones is 1. The lowest BCUT2D eigenvalue weighted by Gasteiger charge is -2.39. The van der Waals surface area contributed by atoms with E-state index in [1.165, 1.54) is 0 Å². The third kappa shape index (κ3) is 5.39. The van der Waals surface area contributed by atoms with Gasteiger partial charge in [-0.3, -0.25) is 4.79 Å². The van der Waals surface area contributed by atoms with Crippen molar-refractivity contribution in [3.8, 4) is 0 Å². The topological polar surface area (TPSA) is 84.9 Å². The van der Waals surface area contributed by atoms with Gasteiger partial charge >= 0.3 is 12.2 Å². The minimum absolute atomic E-state index is 0.0211. The van der Waals surface area contributed by atoms with Gasteiger partial charge in [0, 0.05) is 25.9 Å². The molecule has 170 valence electrons. The lowest BCUT2D eigenvalue weighted by molar-refractivity contribution is -0.118. The van der Waals surface area contributed by atoms with Crippen LogP contribution in [-0.2, 0) is 20.9 Å². The van der Waals surface area contributed by atoms with Crippen LogP contribution in [0.1, 0.15) is 44.1 Å². The summed E-state index contributed by atoms with van der Waals surface area (Å²) in [4.78, 5) is 38.5. The fourth-order valence-electron chi connectivity index (χ4n) is 4.73. The van der Waals surface area contributed by atoms with E-state index in [2.05, 4.69) is 5.32 Å². The van der Waals surface area contributed by atoms with Gasteiger partial charge in [0.15, 0.2) is 0 Å². The average molecular weight is 439 g/mol. The fourth-order valence-corrected chi connectivity index (χ4v) is 4.73. The summed E-state index contributed by atoms with van der Waals surface area (Å²) in [6.45, 7) is 1.39. The van der Waals surface area contributed by atoms with Crippen molar-refractivity contribution in [1.82, 2.24) is 10.2 Å². The molecule has 1 heterocycles. The van der Waals surface area contributed by atoms with Crippen molar-refractivity contribution < 1.29 is 23.9 Å². The van der Waals surface area contributed by atoms with Crippen LogP contribution in [0.4, 0.5) is 9.59 Å². The van der Waals surface area contributed by atoms with E-state index in [1.54, 1.807) is 4.90 Å². The minimum atomic E-state index is -0.840. The van der Waals surface area contributed by atoms with Crippen molar-refractivity contribution in [3.63, 3.8) is 0 Å². The number of Topliss-reactive ketones (excluding diaryl/α,β-unsaturated/α-hetero) is 1. The van der Waals surface area contributed by atoms with Gasteiger partial charge in [-0.2, -0.15) is 0 Å². The predicted molar refractivity (Wildman–Crippen MR) is 119 cm³/mol. The number of ether oxygens (including phenoxy) is 2. The maximum Gasteiger partial charge on any atom is 0.409 e. The number of amides is 2. The zero-order valence-corrected chi connectivity index (χ0v) is 18.3. The first-order valence-corrected chi connectivity index (χ1v) is 11.2. The van der Waals surface area contributed by atoms with Crippen LogP contribution in [0.25, 0.3) is 0 Å². The Balaban J connectivity index is 1.28. The van der Waals surface area contributed by atoms with E-state index in [0.29, 0.717) is 38.1 Å². The summed E-state index contributed by atoms with van der Waals surface area (Å²) in [5.41, 5.74) is 0.136. The molecule has 1 atom stereocenters. The molecule has 0 bridgehead atoms. The third-order valence-electron chi connectivity index (χ3n) is 6.75. The molecule has 0 radical (unpaired) electrons. The highest BCUT2D eigenvalue weighted by atomic mass is 16.6. The average Bonchev–Trinajstić information content (AvgIpc) is 3.17. The summed E-state index contributed by atoms with van der Waals surface area (Å²) in [7, 11) is 0. The number of rotatable bonds is 5. The zero-order chi connectivity index (χ0) is 22.4. The molecule has 1 saturated heterocycles. The van der Waals surface area contributed by atoms with Crippen LogP contribution >= 0.6 is 0 Å². The maximum atomic E-state index is 12.7. The molecule has 1 N–H and O–H groups in total. The second-order valence-corrected chi connectivity index (χ2v) is 9.09. The second kappa shape index (κ2) is 9.59. The summed E-state index contributed by atoms with van der Waals surface area (Å²) in [6, 6.07) is 9.45. The zero-order valence-electron chi connectivity index (χ0n) is 18.3. The van der Waals surface area contributed by atoms with Gasteiger partial charge in [0.2, 0.25) is 0 Å². The molecule has 7 heteroatoms. The molecule has 1 spiro atoms. The van der Waals surface area contributed by atoms with Crippen LogP contribution in [0.2, 0.25) is 0 Å². The number of nitrogens with one attached hydrogen (secondary N) is 1. The van der Waals surface area contributed by atoms with Crippen LogP contribution in [0.3, 0.4) is 0 Å². The smallest absolute Gasteiger partial charge is 0.409 e. The van der Waals surface area contributed by atoms with E-state index in [4.69, 9.17) is 9.47 Å². The maximum absolute atomic E-state index is 12.7. The first kappa shape index (κ1) is 22.1. The molecule has 7 nitrogen and oxygen atoms in total. The first-order chi connectivity index (χ1) is 15.5. The minimum Gasteiger partial charge on any atom is -0.447 e. The van der Waals surface area contributed by atoms with E-state index in [-0.39, 0.29) is 24.7 Å². The Morgan fingerprint density at radius 2 is 1.81 bits per heavy atom. The Bertz CT molecular complexity index is 902. The number of carbonyl (C=O) groups excluding carboxylic acids is 3. The van der Waals surface area contributed by atoms with Crippen LogP contribution in [-0.4, -0.2) is 48.1 Å². The largest absolute Gasteiger partial charge is 0.447 e. The molecule has 4 rings (SSSR count). The van der Waals surface area contributed by atoms with Gasteiger partial charge in [-0.15, -0.1) is 0 Å². The van der Waals surface area contributed by atoms with Crippen LogP contribution in [0, 0.1) is 5.41 Å². The van der Waals surface area contributed by atoms with Gasteiger partial charge in [-0.25, -0.2) is 9.59 Å². The first-order valence-electron chi connectivity index (χ1n) is 11.2. The lowest BCUT2D eigenvalue weighted by Crippen LogP contribution is -2.52. The number of piperidine rings is 1. The number of allylic oxidation sites excluding steroid dienone is 2. The van der Waals surface area contributed by atoms with E-state index in [9.17, 15) is 14.4 Å². The van der Waals surface area contributed by atoms with Crippen molar-refractivity contribution in [1.29, 1.82) is 0 Å². The molecule has 1 aromatic carbocycles. The van der Waals surface area contributed by atoms with E-state index in [0.717, 1.165) is 24.8 Å². The molecule has 2 fully saturated rings. The highest BCUT2D eigenvalue weighted by Crippen LogP contribution is 2.44. The molecule has 32 heavy (non-hydrogen) atoms. The number of hydrogen-bond acceptors (Lipinski definition) is 5. The fraction of sp³-hybridized carbons (Fsp3) is 0.480. The Morgan fingerprint density at radius 3 is 2.47 bits per heavy atom. The van der Waals surface area contributed by atoms with Crippen molar-refractivity contribution in [2.45, 2.75) is 50.7 Å². The summed E-state index contributed by atoms with van der Waals surface area (Å²) >= 11 is 0. The SMILES string of the molecule is O=C1CCC2(CCN(C(=O)OC[C@]3(NC(=O)OCc4ccccc4)C=CC=CC3)CC2)C1. The summed E-state index contributed by atoms with van der Waals surface area (Å²) < 4.78 is 11.0. The summed E-state index contributed by atoms with van der Waals surface area (Å²) in [5, 5.41) is 2.87. The molecule has 1 saturated carbocycles. The quantitative estimate of drug-likeness (QED) is 0.747. The van der Waals surface area contributed by atoms with E-state index < -0.39 is 11.6 Å². The third-order valence-corrected chi connectivity index (χ3v) is 6.75. The Hall–Kier alpha value is -3.09. The van der Waals surface area contributed by atoms with Gasteiger partial charge in [0.25, 0.3) is 0 Å². The number of carbonyl (C=O) groups is 3. The summed E-state index contributed by atoms with van der Waals surface area (Å²) in [6.07, 6.45) is 11.0. The number of hydrogen-bond donors (Lipinski definition) is 1. The molecule has 1 aromatic rings. The molecule has 2 amide bonds. The molecule has 0 unspecified atom stereocenters. The molecular weight excluding hydrogens is 408 g/mol. The van der Waals surface area contributed by atoms with E-state index in [1.807, 2.05) is 54.6 Å². The highest BCUT2D eigenvalue weighted by Gasteiger charge is 2.42. The van der Waals surface area contributed by atoms with Crippen molar-refractivity contribution in [2.24, 2.45) is 5.41 Å². The predicted octanol–water partition coefficient (Wildman–Crippen LogP) is 4.14. The molecule has 1 aliphatic heterocycles. The summed E-state index contributed by atoms with van der Waals surface area (Å²) in [5.74, 6) is 0.338. The van der Waals surface area contributed by atoms with Crippen molar-refractivity contribution in [3.05, 3.63) is 60.2 Å². The highest BCUT2D eigenvalue weighted by molar-refractivity contribution is 5.81. The molecular formula is C25H30N2O5. The van der Waals surface area contributed by atoms with Crippen LogP contribution in [0.5, 0.6) is 0 Å². The second-order valence-electron chi connectivity index (χ2n) is 9.09. The molecule has 2 aliphatic carbocycles. The van der Waals surface area contributed by atoms with Gasteiger partial charge in [-0.1, -0.05) is 54.6 Å².